The number of methoxy groups -OCH3 is 2. The molecular formula is C10H14N2O4. The van der Waals surface area contributed by atoms with Crippen molar-refractivity contribution >= 4 is 12.2 Å². The SMILES string of the molecule is COC(CNC(=O)c1ccc(C=O)[nH]1)OC. The Kier molecular flexibility index (Phi) is 4.68. The number of nitrogens with one attached hydrogen (secondary N) is 2. The Morgan fingerprint density at radius 3 is 2.69 bits per heavy atom. The smallest absolute Gasteiger partial charge is 0.267 e. The van der Waals surface area contributed by atoms with Gasteiger partial charge in [-0.2, -0.15) is 0 Å². The van der Waals surface area contributed by atoms with Crippen LogP contribution in [0.4, 0.5) is 0 Å². The lowest BCUT2D eigenvalue weighted by Crippen LogP contribution is -2.34. The molecule has 0 bridgehead atoms. The minimum absolute atomic E-state index is 0.237. The largest absolute Gasteiger partial charge is 0.354 e. The van der Waals surface area contributed by atoms with Crippen molar-refractivity contribution in [1.29, 1.82) is 0 Å². The molecule has 0 unspecified atom stereocenters. The molecule has 6 heteroatoms. The number of ether oxygens (including phenoxy) is 2. The second kappa shape index (κ2) is 6.04. The Hall–Kier alpha value is -1.66. The van der Waals surface area contributed by atoms with E-state index in [9.17, 15) is 9.59 Å². The van der Waals surface area contributed by atoms with Crippen molar-refractivity contribution in [3.8, 4) is 0 Å². The van der Waals surface area contributed by atoms with Crippen LogP contribution in [0.2, 0.25) is 0 Å². The number of H-pyrrole nitrogens is 1. The first-order valence-corrected chi connectivity index (χ1v) is 4.69. The highest BCUT2D eigenvalue weighted by Crippen LogP contribution is 1.99. The summed E-state index contributed by atoms with van der Waals surface area (Å²) in [5.41, 5.74) is 0.688. The summed E-state index contributed by atoms with van der Waals surface area (Å²) < 4.78 is 9.82. The van der Waals surface area contributed by atoms with Crippen LogP contribution in [-0.4, -0.2) is 44.2 Å². The van der Waals surface area contributed by atoms with Crippen LogP contribution in [0, 0.1) is 0 Å². The van der Waals surface area contributed by atoms with Gasteiger partial charge in [-0.25, -0.2) is 0 Å². The quantitative estimate of drug-likeness (QED) is 0.535. The van der Waals surface area contributed by atoms with Crippen molar-refractivity contribution in [1.82, 2.24) is 10.3 Å². The van der Waals surface area contributed by atoms with Crippen LogP contribution in [0.25, 0.3) is 0 Å². The van der Waals surface area contributed by atoms with Gasteiger partial charge in [-0.1, -0.05) is 0 Å². The monoisotopic (exact) mass is 226 g/mol. The number of hydrogen-bond donors (Lipinski definition) is 2. The summed E-state index contributed by atoms with van der Waals surface area (Å²) in [6, 6.07) is 3.07. The van der Waals surface area contributed by atoms with Gasteiger partial charge >= 0.3 is 0 Å². The van der Waals surface area contributed by atoms with Crippen LogP contribution in [0.15, 0.2) is 12.1 Å². The molecule has 1 rings (SSSR count). The number of carbonyl (C=O) groups is 2. The molecule has 1 heterocycles. The third kappa shape index (κ3) is 3.18. The average molecular weight is 226 g/mol. The molecule has 0 aliphatic rings. The Labute approximate surface area is 92.9 Å². The van der Waals surface area contributed by atoms with Crippen molar-refractivity contribution in [2.75, 3.05) is 20.8 Å². The lowest BCUT2D eigenvalue weighted by atomic mass is 10.4. The van der Waals surface area contributed by atoms with Gasteiger partial charge in [-0.05, 0) is 12.1 Å². The molecule has 1 amide bonds. The maximum atomic E-state index is 11.5. The second-order valence-corrected chi connectivity index (χ2v) is 3.06. The molecule has 16 heavy (non-hydrogen) atoms. The summed E-state index contributed by atoms with van der Waals surface area (Å²) in [6.45, 7) is 0.237. The fourth-order valence-electron chi connectivity index (χ4n) is 1.15. The normalized spacial score (nSPS) is 10.4. The predicted molar refractivity (Wildman–Crippen MR) is 56.3 cm³/mol. The van der Waals surface area contributed by atoms with Crippen molar-refractivity contribution in [2.45, 2.75) is 6.29 Å². The number of carbonyl (C=O) groups excluding carboxylic acids is 2. The van der Waals surface area contributed by atoms with Crippen LogP contribution in [0.1, 0.15) is 21.0 Å². The Bertz CT molecular complexity index is 357. The van der Waals surface area contributed by atoms with Gasteiger partial charge in [-0.15, -0.1) is 0 Å². The number of aromatic nitrogens is 1. The van der Waals surface area contributed by atoms with Crippen molar-refractivity contribution in [3.63, 3.8) is 0 Å². The summed E-state index contributed by atoms with van der Waals surface area (Å²) >= 11 is 0. The molecule has 6 nitrogen and oxygen atoms in total. The lowest BCUT2D eigenvalue weighted by Gasteiger charge is -2.13. The predicted octanol–water partition coefficient (Wildman–Crippen LogP) is 0.176. The lowest BCUT2D eigenvalue weighted by molar-refractivity contribution is -0.0974. The number of aldehydes is 1. The number of amides is 1. The van der Waals surface area contributed by atoms with Crippen molar-refractivity contribution in [2.24, 2.45) is 0 Å². The number of aromatic amines is 1. The van der Waals surface area contributed by atoms with E-state index in [-0.39, 0.29) is 12.5 Å². The molecule has 2 N–H and O–H groups in total. The summed E-state index contributed by atoms with van der Waals surface area (Å²) in [5.74, 6) is -0.313. The van der Waals surface area contributed by atoms with E-state index in [2.05, 4.69) is 10.3 Å². The third-order valence-electron chi connectivity index (χ3n) is 2.04. The highest BCUT2D eigenvalue weighted by Gasteiger charge is 2.11. The van der Waals surface area contributed by atoms with E-state index in [0.717, 1.165) is 0 Å². The summed E-state index contributed by atoms with van der Waals surface area (Å²) in [4.78, 5) is 24.6. The van der Waals surface area contributed by atoms with E-state index in [1.165, 1.54) is 26.4 Å². The van der Waals surface area contributed by atoms with E-state index >= 15 is 0 Å². The molecule has 0 radical (unpaired) electrons. The van der Waals surface area contributed by atoms with Crippen LogP contribution < -0.4 is 5.32 Å². The Balaban J connectivity index is 2.49. The molecule has 0 atom stereocenters. The maximum Gasteiger partial charge on any atom is 0.267 e. The van der Waals surface area contributed by atoms with E-state index in [1.807, 2.05) is 0 Å². The standard InChI is InChI=1S/C10H14N2O4/c1-15-9(16-2)5-11-10(14)8-4-3-7(6-13)12-8/h3-4,6,9,12H,5H2,1-2H3,(H,11,14). The molecule has 0 aliphatic heterocycles. The van der Waals surface area contributed by atoms with E-state index < -0.39 is 6.29 Å². The average Bonchev–Trinajstić information content (AvgIpc) is 2.78. The third-order valence-corrected chi connectivity index (χ3v) is 2.04. The number of hydrogen-bond acceptors (Lipinski definition) is 4. The summed E-state index contributed by atoms with van der Waals surface area (Å²) in [6.07, 6.45) is 0.161. The first-order valence-electron chi connectivity index (χ1n) is 4.69. The van der Waals surface area contributed by atoms with Gasteiger partial charge < -0.3 is 19.8 Å². The summed E-state index contributed by atoms with van der Waals surface area (Å²) in [5, 5.41) is 2.60. The van der Waals surface area contributed by atoms with E-state index in [1.54, 1.807) is 0 Å². The highest BCUT2D eigenvalue weighted by atomic mass is 16.7. The first kappa shape index (κ1) is 12.4. The van der Waals surface area contributed by atoms with E-state index in [0.29, 0.717) is 17.7 Å². The topological polar surface area (TPSA) is 80.4 Å². The van der Waals surface area contributed by atoms with Gasteiger partial charge in [0, 0.05) is 14.2 Å². The Morgan fingerprint density at radius 2 is 2.19 bits per heavy atom. The minimum Gasteiger partial charge on any atom is -0.354 e. The van der Waals surface area contributed by atoms with Gasteiger partial charge in [0.15, 0.2) is 12.6 Å². The van der Waals surface area contributed by atoms with Gasteiger partial charge in [0.25, 0.3) is 5.91 Å². The van der Waals surface area contributed by atoms with Crippen molar-refractivity contribution in [3.05, 3.63) is 23.5 Å². The molecule has 0 aromatic carbocycles. The minimum atomic E-state index is -0.482. The van der Waals surface area contributed by atoms with Crippen LogP contribution in [-0.2, 0) is 9.47 Å². The zero-order valence-electron chi connectivity index (χ0n) is 9.15. The molecule has 1 aromatic rings. The molecule has 0 fully saturated rings. The fraction of sp³-hybridized carbons (Fsp3) is 0.400. The van der Waals surface area contributed by atoms with Crippen LogP contribution in [0.3, 0.4) is 0 Å². The molecular weight excluding hydrogens is 212 g/mol. The molecule has 0 saturated carbocycles. The zero-order chi connectivity index (χ0) is 12.0. The second-order valence-electron chi connectivity index (χ2n) is 3.06. The van der Waals surface area contributed by atoms with Gasteiger partial charge in [-0.3, -0.25) is 9.59 Å². The molecule has 0 saturated heterocycles. The van der Waals surface area contributed by atoms with Gasteiger partial charge in [0.2, 0.25) is 0 Å². The molecule has 0 spiro atoms. The molecule has 1 aromatic heterocycles. The highest BCUT2D eigenvalue weighted by molar-refractivity contribution is 5.93. The van der Waals surface area contributed by atoms with E-state index in [4.69, 9.17) is 9.47 Å². The fourth-order valence-corrected chi connectivity index (χ4v) is 1.15. The first-order chi connectivity index (χ1) is 7.71. The van der Waals surface area contributed by atoms with Gasteiger partial charge in [0.05, 0.1) is 12.2 Å². The Morgan fingerprint density at radius 1 is 1.50 bits per heavy atom. The van der Waals surface area contributed by atoms with Crippen molar-refractivity contribution < 1.29 is 19.1 Å². The van der Waals surface area contributed by atoms with Gasteiger partial charge in [0.1, 0.15) is 5.69 Å². The number of rotatable bonds is 6. The van der Waals surface area contributed by atoms with Crippen LogP contribution >= 0.6 is 0 Å². The van der Waals surface area contributed by atoms with Crippen LogP contribution in [0.5, 0.6) is 0 Å². The maximum absolute atomic E-state index is 11.5. The summed E-state index contributed by atoms with van der Waals surface area (Å²) in [7, 11) is 2.97. The molecule has 0 aliphatic carbocycles. The molecule has 88 valence electrons. The zero-order valence-corrected chi connectivity index (χ0v) is 9.15.